The predicted molar refractivity (Wildman–Crippen MR) is 100 cm³/mol. The number of nitrogens with zero attached hydrogens (tertiary/aromatic N) is 2. The number of ether oxygens (including phenoxy) is 1. The summed E-state index contributed by atoms with van der Waals surface area (Å²) in [5, 5.41) is 23.9. The van der Waals surface area contributed by atoms with E-state index in [0.29, 0.717) is 5.56 Å². The zero-order valence-corrected chi connectivity index (χ0v) is 14.2. The van der Waals surface area contributed by atoms with E-state index in [1.54, 1.807) is 6.20 Å². The van der Waals surface area contributed by atoms with E-state index in [2.05, 4.69) is 10.3 Å². The molecule has 0 unspecified atom stereocenters. The standard InChI is InChI=1S/C19H14N4O4/c1-27-14-6-7-17(18(9-14)23(25)26)22-19(24)12(10-20)8-13-11-21-16-5-3-2-4-15(13)16/h2-9,11,21H,1H3,(H,22,24)/b12-8+. The lowest BCUT2D eigenvalue weighted by molar-refractivity contribution is -0.384. The molecule has 0 radical (unpaired) electrons. The summed E-state index contributed by atoms with van der Waals surface area (Å²) in [4.78, 5) is 26.1. The van der Waals surface area contributed by atoms with Gasteiger partial charge in [0.15, 0.2) is 0 Å². The highest BCUT2D eigenvalue weighted by molar-refractivity contribution is 6.11. The number of nitro groups is 1. The monoisotopic (exact) mass is 362 g/mol. The molecule has 0 aliphatic carbocycles. The Morgan fingerprint density at radius 3 is 2.81 bits per heavy atom. The van der Waals surface area contributed by atoms with Gasteiger partial charge in [-0.2, -0.15) is 5.26 Å². The summed E-state index contributed by atoms with van der Waals surface area (Å²) in [6.07, 6.45) is 3.12. The minimum Gasteiger partial charge on any atom is -0.496 e. The van der Waals surface area contributed by atoms with E-state index in [1.807, 2.05) is 30.3 Å². The summed E-state index contributed by atoms with van der Waals surface area (Å²) >= 11 is 0. The number of benzene rings is 2. The Balaban J connectivity index is 1.93. The molecule has 0 fully saturated rings. The molecule has 8 nitrogen and oxygen atoms in total. The van der Waals surface area contributed by atoms with Gasteiger partial charge >= 0.3 is 0 Å². The number of methoxy groups -OCH3 is 1. The average Bonchev–Trinajstić information content (AvgIpc) is 3.09. The third kappa shape index (κ3) is 3.62. The highest BCUT2D eigenvalue weighted by atomic mass is 16.6. The van der Waals surface area contributed by atoms with Crippen LogP contribution in [0.5, 0.6) is 5.75 Å². The number of amides is 1. The molecular weight excluding hydrogens is 348 g/mol. The average molecular weight is 362 g/mol. The smallest absolute Gasteiger partial charge is 0.296 e. The fraction of sp³-hybridized carbons (Fsp3) is 0.0526. The Morgan fingerprint density at radius 2 is 2.11 bits per heavy atom. The number of carbonyl (C=O) groups is 1. The Morgan fingerprint density at radius 1 is 1.33 bits per heavy atom. The van der Waals surface area contributed by atoms with Crippen LogP contribution in [0, 0.1) is 21.4 Å². The number of nitriles is 1. The number of anilines is 1. The number of aromatic amines is 1. The first-order valence-corrected chi connectivity index (χ1v) is 7.85. The normalized spacial score (nSPS) is 11.0. The van der Waals surface area contributed by atoms with Crippen LogP contribution in [-0.4, -0.2) is 22.9 Å². The first-order chi connectivity index (χ1) is 13.0. The molecule has 1 heterocycles. The van der Waals surface area contributed by atoms with Crippen molar-refractivity contribution in [1.29, 1.82) is 5.26 Å². The van der Waals surface area contributed by atoms with E-state index in [0.717, 1.165) is 10.9 Å². The minimum atomic E-state index is -0.740. The number of nitro benzene ring substituents is 1. The van der Waals surface area contributed by atoms with Crippen LogP contribution >= 0.6 is 0 Å². The van der Waals surface area contributed by atoms with Gasteiger partial charge in [0.05, 0.1) is 18.1 Å². The molecule has 3 aromatic rings. The fourth-order valence-corrected chi connectivity index (χ4v) is 2.60. The second-order valence-electron chi connectivity index (χ2n) is 5.55. The third-order valence-corrected chi connectivity index (χ3v) is 3.94. The fourth-order valence-electron chi connectivity index (χ4n) is 2.60. The van der Waals surface area contributed by atoms with E-state index in [9.17, 15) is 20.2 Å². The zero-order valence-electron chi connectivity index (χ0n) is 14.2. The summed E-state index contributed by atoms with van der Waals surface area (Å²) in [6, 6.07) is 13.3. The van der Waals surface area contributed by atoms with Crippen molar-refractivity contribution >= 4 is 34.3 Å². The van der Waals surface area contributed by atoms with Crippen molar-refractivity contribution in [1.82, 2.24) is 4.98 Å². The van der Waals surface area contributed by atoms with Crippen LogP contribution in [0.1, 0.15) is 5.56 Å². The molecule has 134 valence electrons. The lowest BCUT2D eigenvalue weighted by Gasteiger charge is -2.07. The summed E-state index contributed by atoms with van der Waals surface area (Å²) in [6.45, 7) is 0. The van der Waals surface area contributed by atoms with Gasteiger partial charge in [-0.05, 0) is 24.3 Å². The molecule has 8 heteroatoms. The lowest BCUT2D eigenvalue weighted by atomic mass is 10.1. The molecule has 1 amide bonds. The van der Waals surface area contributed by atoms with Gasteiger partial charge in [-0.25, -0.2) is 0 Å². The van der Waals surface area contributed by atoms with Crippen LogP contribution in [0.25, 0.3) is 17.0 Å². The Labute approximate surface area is 153 Å². The molecule has 0 saturated carbocycles. The van der Waals surface area contributed by atoms with Crippen molar-refractivity contribution in [3.8, 4) is 11.8 Å². The van der Waals surface area contributed by atoms with E-state index in [1.165, 1.54) is 31.4 Å². The number of rotatable bonds is 5. The number of fused-ring (bicyclic) bond motifs is 1. The Hall–Kier alpha value is -4.12. The molecule has 27 heavy (non-hydrogen) atoms. The molecule has 0 saturated heterocycles. The van der Waals surface area contributed by atoms with Gasteiger partial charge in [0.25, 0.3) is 11.6 Å². The quantitative estimate of drug-likeness (QED) is 0.311. The van der Waals surface area contributed by atoms with E-state index < -0.39 is 10.8 Å². The van der Waals surface area contributed by atoms with Gasteiger partial charge in [-0.1, -0.05) is 18.2 Å². The van der Waals surface area contributed by atoms with Gasteiger partial charge in [0, 0.05) is 22.7 Å². The first kappa shape index (κ1) is 17.7. The van der Waals surface area contributed by atoms with Crippen LogP contribution in [0.15, 0.2) is 54.2 Å². The second kappa shape index (κ2) is 7.41. The van der Waals surface area contributed by atoms with Gasteiger partial charge in [0.2, 0.25) is 0 Å². The molecule has 2 N–H and O–H groups in total. The topological polar surface area (TPSA) is 121 Å². The minimum absolute atomic E-state index is 0.0223. The number of H-pyrrole nitrogens is 1. The highest BCUT2D eigenvalue weighted by Gasteiger charge is 2.19. The van der Waals surface area contributed by atoms with Gasteiger partial charge in [0.1, 0.15) is 23.1 Å². The van der Waals surface area contributed by atoms with Crippen molar-refractivity contribution in [3.05, 3.63) is 69.9 Å². The second-order valence-corrected chi connectivity index (χ2v) is 5.55. The molecule has 1 aromatic heterocycles. The molecule has 0 atom stereocenters. The van der Waals surface area contributed by atoms with Crippen molar-refractivity contribution in [2.75, 3.05) is 12.4 Å². The number of hydrogen-bond donors (Lipinski definition) is 2. The Kier molecular flexibility index (Phi) is 4.86. The molecule has 0 aliphatic rings. The molecular formula is C19H14N4O4. The number of carbonyl (C=O) groups excluding carboxylic acids is 1. The van der Waals surface area contributed by atoms with Gasteiger partial charge in [-0.15, -0.1) is 0 Å². The van der Waals surface area contributed by atoms with Crippen molar-refractivity contribution in [2.24, 2.45) is 0 Å². The van der Waals surface area contributed by atoms with Crippen LogP contribution in [0.4, 0.5) is 11.4 Å². The SMILES string of the molecule is COc1ccc(NC(=O)/C(C#N)=C/c2c[nH]c3ccccc23)c([N+](=O)[O-])c1. The zero-order chi connectivity index (χ0) is 19.4. The van der Waals surface area contributed by atoms with Crippen LogP contribution in [0.3, 0.4) is 0 Å². The number of hydrogen-bond acceptors (Lipinski definition) is 5. The van der Waals surface area contributed by atoms with Crippen LogP contribution in [-0.2, 0) is 4.79 Å². The molecule has 2 aromatic carbocycles. The lowest BCUT2D eigenvalue weighted by Crippen LogP contribution is -2.14. The third-order valence-electron chi connectivity index (χ3n) is 3.94. The van der Waals surface area contributed by atoms with E-state index >= 15 is 0 Å². The summed E-state index contributed by atoms with van der Waals surface area (Å²) in [5.41, 5.74) is 1.01. The molecule has 0 bridgehead atoms. The first-order valence-electron chi connectivity index (χ1n) is 7.85. The highest BCUT2D eigenvalue weighted by Crippen LogP contribution is 2.29. The predicted octanol–water partition coefficient (Wildman–Crippen LogP) is 3.63. The van der Waals surface area contributed by atoms with Gasteiger partial charge < -0.3 is 15.0 Å². The van der Waals surface area contributed by atoms with Crippen LogP contribution in [0.2, 0.25) is 0 Å². The summed E-state index contributed by atoms with van der Waals surface area (Å²) in [7, 11) is 1.38. The van der Waals surface area contributed by atoms with E-state index in [-0.39, 0.29) is 22.7 Å². The van der Waals surface area contributed by atoms with Crippen LogP contribution < -0.4 is 10.1 Å². The summed E-state index contributed by atoms with van der Waals surface area (Å²) in [5.74, 6) is -0.453. The summed E-state index contributed by atoms with van der Waals surface area (Å²) < 4.78 is 4.96. The maximum Gasteiger partial charge on any atom is 0.296 e. The van der Waals surface area contributed by atoms with Crippen molar-refractivity contribution in [3.63, 3.8) is 0 Å². The van der Waals surface area contributed by atoms with E-state index in [4.69, 9.17) is 4.74 Å². The molecule has 0 spiro atoms. The maximum absolute atomic E-state index is 12.5. The van der Waals surface area contributed by atoms with Crippen molar-refractivity contribution < 1.29 is 14.5 Å². The number of nitrogens with one attached hydrogen (secondary N) is 2. The van der Waals surface area contributed by atoms with Gasteiger partial charge in [-0.3, -0.25) is 14.9 Å². The molecule has 0 aliphatic heterocycles. The largest absolute Gasteiger partial charge is 0.496 e. The Bertz CT molecular complexity index is 1110. The maximum atomic E-state index is 12.5. The molecule has 3 rings (SSSR count). The van der Waals surface area contributed by atoms with Crippen molar-refractivity contribution in [2.45, 2.75) is 0 Å². The number of aromatic nitrogens is 1. The number of para-hydroxylation sites is 1.